The first-order valence-corrected chi connectivity index (χ1v) is 7.59. The van der Waals surface area contributed by atoms with Gasteiger partial charge in [0.1, 0.15) is 11.5 Å². The van der Waals surface area contributed by atoms with Crippen molar-refractivity contribution in [1.29, 1.82) is 0 Å². The van der Waals surface area contributed by atoms with Crippen LogP contribution in [0.3, 0.4) is 0 Å². The Bertz CT molecular complexity index is 789. The molecule has 0 heterocycles. The molecule has 0 radical (unpaired) electrons. The van der Waals surface area contributed by atoms with Gasteiger partial charge >= 0.3 is 5.97 Å². The van der Waals surface area contributed by atoms with Crippen LogP contribution in [0.25, 0.3) is 6.08 Å². The van der Waals surface area contributed by atoms with Crippen molar-refractivity contribution >= 4 is 23.6 Å². The van der Waals surface area contributed by atoms with Crippen LogP contribution in [-0.4, -0.2) is 19.0 Å². The van der Waals surface area contributed by atoms with E-state index in [4.69, 9.17) is 9.47 Å². The van der Waals surface area contributed by atoms with Crippen molar-refractivity contribution in [2.45, 2.75) is 6.92 Å². The minimum atomic E-state index is -0.487. The molecule has 1 amide bonds. The average molecular weight is 337 g/mol. The van der Waals surface area contributed by atoms with E-state index in [1.807, 2.05) is 24.3 Å². The Morgan fingerprint density at radius 1 is 1.00 bits per heavy atom. The van der Waals surface area contributed by atoms with Gasteiger partial charge in [-0.25, -0.2) is 4.79 Å². The molecule has 0 saturated heterocycles. The van der Waals surface area contributed by atoms with Crippen LogP contribution < -0.4 is 14.8 Å². The third-order valence-corrected chi connectivity index (χ3v) is 3.22. The van der Waals surface area contributed by atoms with Crippen LogP contribution >= 0.6 is 0 Å². The highest BCUT2D eigenvalue weighted by Crippen LogP contribution is 2.17. The van der Waals surface area contributed by atoms with E-state index < -0.39 is 5.97 Å². The van der Waals surface area contributed by atoms with Crippen LogP contribution in [-0.2, 0) is 9.59 Å². The van der Waals surface area contributed by atoms with E-state index in [-0.39, 0.29) is 5.91 Å². The summed E-state index contributed by atoms with van der Waals surface area (Å²) in [4.78, 5) is 23.4. The van der Waals surface area contributed by atoms with Gasteiger partial charge in [-0.1, -0.05) is 18.7 Å². The number of methoxy groups -OCH3 is 1. The van der Waals surface area contributed by atoms with Crippen molar-refractivity contribution in [3.05, 3.63) is 72.3 Å². The lowest BCUT2D eigenvalue weighted by Crippen LogP contribution is -2.09. The van der Waals surface area contributed by atoms with E-state index in [0.717, 1.165) is 11.3 Å². The zero-order chi connectivity index (χ0) is 18.2. The molecule has 0 fully saturated rings. The molecule has 25 heavy (non-hydrogen) atoms. The molecule has 0 bridgehead atoms. The first kappa shape index (κ1) is 18.0. The number of hydrogen-bond donors (Lipinski definition) is 1. The van der Waals surface area contributed by atoms with Crippen LogP contribution in [0.4, 0.5) is 5.69 Å². The first-order valence-electron chi connectivity index (χ1n) is 7.59. The lowest BCUT2D eigenvalue weighted by molar-refractivity contribution is -0.130. The summed E-state index contributed by atoms with van der Waals surface area (Å²) in [6.45, 7) is 5.09. The molecular weight excluding hydrogens is 318 g/mol. The highest BCUT2D eigenvalue weighted by atomic mass is 16.5. The van der Waals surface area contributed by atoms with Gasteiger partial charge in [0.2, 0.25) is 5.91 Å². The maximum atomic E-state index is 11.9. The number of carbonyl (C=O) groups is 2. The molecule has 0 unspecified atom stereocenters. The zero-order valence-electron chi connectivity index (χ0n) is 14.1. The number of rotatable bonds is 6. The van der Waals surface area contributed by atoms with Crippen LogP contribution in [0.1, 0.15) is 12.5 Å². The molecule has 2 aromatic rings. The van der Waals surface area contributed by atoms with Crippen molar-refractivity contribution in [2.75, 3.05) is 12.4 Å². The number of esters is 1. The van der Waals surface area contributed by atoms with Gasteiger partial charge in [-0.05, 0) is 55.0 Å². The second-order valence-corrected chi connectivity index (χ2v) is 5.29. The van der Waals surface area contributed by atoms with Crippen molar-refractivity contribution in [3.8, 4) is 11.5 Å². The van der Waals surface area contributed by atoms with E-state index in [9.17, 15) is 9.59 Å². The van der Waals surface area contributed by atoms with Gasteiger partial charge in [0, 0.05) is 17.3 Å². The summed E-state index contributed by atoms with van der Waals surface area (Å²) in [5, 5.41) is 2.73. The molecule has 2 aromatic carbocycles. The fraction of sp³-hybridized carbons (Fsp3) is 0.100. The summed E-state index contributed by atoms with van der Waals surface area (Å²) >= 11 is 0. The second kappa shape index (κ2) is 8.49. The average Bonchev–Trinajstić information content (AvgIpc) is 2.62. The number of amides is 1. The lowest BCUT2D eigenvalue weighted by atomic mass is 10.2. The van der Waals surface area contributed by atoms with Gasteiger partial charge in [-0.2, -0.15) is 0 Å². The van der Waals surface area contributed by atoms with E-state index in [2.05, 4.69) is 11.9 Å². The third kappa shape index (κ3) is 5.66. The van der Waals surface area contributed by atoms with Crippen molar-refractivity contribution in [3.63, 3.8) is 0 Å². The van der Waals surface area contributed by atoms with Crippen LogP contribution in [0.5, 0.6) is 11.5 Å². The maximum Gasteiger partial charge on any atom is 0.338 e. The molecule has 0 aliphatic heterocycles. The number of hydrogen-bond acceptors (Lipinski definition) is 4. The molecule has 1 N–H and O–H groups in total. The number of carbonyl (C=O) groups excluding carboxylic acids is 2. The Morgan fingerprint density at radius 3 is 2.16 bits per heavy atom. The van der Waals surface area contributed by atoms with Gasteiger partial charge < -0.3 is 14.8 Å². The molecule has 5 nitrogen and oxygen atoms in total. The smallest absolute Gasteiger partial charge is 0.338 e. The minimum Gasteiger partial charge on any atom is -0.497 e. The van der Waals surface area contributed by atoms with Crippen molar-refractivity contribution in [2.24, 2.45) is 0 Å². The predicted octanol–water partition coefficient (Wildman–Crippen LogP) is 3.83. The normalized spacial score (nSPS) is 10.3. The summed E-state index contributed by atoms with van der Waals surface area (Å²) in [5.74, 6) is 0.399. The molecule has 0 spiro atoms. The summed E-state index contributed by atoms with van der Waals surface area (Å²) < 4.78 is 10.2. The van der Waals surface area contributed by atoms with Crippen molar-refractivity contribution < 1.29 is 19.1 Å². The van der Waals surface area contributed by atoms with E-state index >= 15 is 0 Å². The molecule has 0 aromatic heterocycles. The largest absolute Gasteiger partial charge is 0.497 e. The summed E-state index contributed by atoms with van der Waals surface area (Å²) in [5.41, 5.74) is 1.80. The molecule has 0 aliphatic rings. The summed E-state index contributed by atoms with van der Waals surface area (Å²) in [6, 6.07) is 13.9. The van der Waals surface area contributed by atoms with Gasteiger partial charge in [0.25, 0.3) is 0 Å². The van der Waals surface area contributed by atoms with Crippen molar-refractivity contribution in [1.82, 2.24) is 0 Å². The van der Waals surface area contributed by atoms with Gasteiger partial charge in [-0.15, -0.1) is 0 Å². The molecule has 0 aliphatic carbocycles. The van der Waals surface area contributed by atoms with Crippen LogP contribution in [0, 0.1) is 0 Å². The number of nitrogens with one attached hydrogen (secondary N) is 1. The fourth-order valence-corrected chi connectivity index (χ4v) is 1.87. The van der Waals surface area contributed by atoms with Gasteiger partial charge in [0.15, 0.2) is 0 Å². The molecule has 0 saturated carbocycles. The standard InChI is InChI=1S/C20H19NO4/c1-14(2)20(23)25-18-11-7-16(8-12-18)21-19(22)13-6-15-4-9-17(24-3)10-5-15/h4-13H,1H2,2-3H3,(H,21,22)/b13-6+. The van der Waals surface area contributed by atoms with Gasteiger partial charge in [-0.3, -0.25) is 4.79 Å². The molecule has 2 rings (SSSR count). The Morgan fingerprint density at radius 2 is 1.60 bits per heavy atom. The van der Waals surface area contributed by atoms with E-state index in [1.54, 1.807) is 44.4 Å². The molecule has 0 atom stereocenters. The quantitative estimate of drug-likeness (QED) is 0.494. The lowest BCUT2D eigenvalue weighted by Gasteiger charge is -2.06. The topological polar surface area (TPSA) is 64.6 Å². The monoisotopic (exact) mass is 337 g/mol. The highest BCUT2D eigenvalue weighted by molar-refractivity contribution is 6.02. The highest BCUT2D eigenvalue weighted by Gasteiger charge is 2.05. The molecule has 128 valence electrons. The summed E-state index contributed by atoms with van der Waals surface area (Å²) in [6.07, 6.45) is 3.15. The zero-order valence-corrected chi connectivity index (χ0v) is 14.1. The van der Waals surface area contributed by atoms with Gasteiger partial charge in [0.05, 0.1) is 7.11 Å². The Balaban J connectivity index is 1.92. The SMILES string of the molecule is C=C(C)C(=O)Oc1ccc(NC(=O)/C=C/c2ccc(OC)cc2)cc1. The van der Waals surface area contributed by atoms with Crippen LogP contribution in [0.15, 0.2) is 66.8 Å². The first-order chi connectivity index (χ1) is 12.0. The summed E-state index contributed by atoms with van der Waals surface area (Å²) in [7, 11) is 1.60. The fourth-order valence-electron chi connectivity index (χ4n) is 1.87. The number of anilines is 1. The Kier molecular flexibility index (Phi) is 6.12. The number of benzene rings is 2. The second-order valence-electron chi connectivity index (χ2n) is 5.29. The van der Waals surface area contributed by atoms with E-state index in [0.29, 0.717) is 17.0 Å². The molecular formula is C20H19NO4. The third-order valence-electron chi connectivity index (χ3n) is 3.22. The van der Waals surface area contributed by atoms with Crippen LogP contribution in [0.2, 0.25) is 0 Å². The Hall–Kier alpha value is -3.34. The predicted molar refractivity (Wildman–Crippen MR) is 97.5 cm³/mol. The number of ether oxygens (including phenoxy) is 2. The molecule has 5 heteroatoms. The maximum absolute atomic E-state index is 11.9. The minimum absolute atomic E-state index is 0.262. The Labute approximate surface area is 146 Å². The van der Waals surface area contributed by atoms with E-state index in [1.165, 1.54) is 6.08 Å².